The molecule has 3 heterocycles. The standard InChI is InChI=1S/C15H23N7OS/c1-10-16-11(2)22(20-10)8-13-6-4-5-7-21(13)9-14(23)17-15-19-18-12(3)24-15/h13H,4-9H2,1-3H3,(H,17,19,23)/t13-/m1/s1. The smallest absolute Gasteiger partial charge is 0.240 e. The van der Waals surface area contributed by atoms with Crippen LogP contribution in [0.2, 0.25) is 0 Å². The zero-order valence-corrected chi connectivity index (χ0v) is 15.1. The van der Waals surface area contributed by atoms with Gasteiger partial charge in [-0.05, 0) is 40.2 Å². The first-order chi connectivity index (χ1) is 11.5. The molecule has 8 nitrogen and oxygen atoms in total. The lowest BCUT2D eigenvalue weighted by molar-refractivity contribution is -0.118. The highest BCUT2D eigenvalue weighted by molar-refractivity contribution is 7.15. The highest BCUT2D eigenvalue weighted by Crippen LogP contribution is 2.19. The van der Waals surface area contributed by atoms with E-state index in [4.69, 9.17) is 0 Å². The monoisotopic (exact) mass is 349 g/mol. The minimum absolute atomic E-state index is 0.0375. The Balaban J connectivity index is 1.61. The van der Waals surface area contributed by atoms with E-state index in [1.54, 1.807) is 0 Å². The second kappa shape index (κ2) is 7.35. The van der Waals surface area contributed by atoms with E-state index < -0.39 is 0 Å². The van der Waals surface area contributed by atoms with Crippen LogP contribution in [-0.4, -0.2) is 54.9 Å². The number of hydrogen-bond acceptors (Lipinski definition) is 7. The molecule has 1 N–H and O–H groups in total. The van der Waals surface area contributed by atoms with Gasteiger partial charge in [0.05, 0.1) is 13.1 Å². The fourth-order valence-corrected chi connectivity index (χ4v) is 3.71. The average Bonchev–Trinajstić information content (AvgIpc) is 3.06. The number of anilines is 1. The van der Waals surface area contributed by atoms with Crippen LogP contribution in [0.25, 0.3) is 0 Å². The summed E-state index contributed by atoms with van der Waals surface area (Å²) in [6.07, 6.45) is 3.38. The molecule has 0 saturated carbocycles. The van der Waals surface area contributed by atoms with E-state index in [9.17, 15) is 4.79 Å². The second-order valence-electron chi connectivity index (χ2n) is 6.18. The fraction of sp³-hybridized carbons (Fsp3) is 0.667. The largest absolute Gasteiger partial charge is 0.299 e. The molecule has 130 valence electrons. The first-order valence-corrected chi connectivity index (χ1v) is 9.05. The van der Waals surface area contributed by atoms with E-state index in [1.165, 1.54) is 17.8 Å². The summed E-state index contributed by atoms with van der Waals surface area (Å²) in [5.41, 5.74) is 0. The molecular formula is C15H23N7OS. The molecule has 0 bridgehead atoms. The number of nitrogens with one attached hydrogen (secondary N) is 1. The van der Waals surface area contributed by atoms with Crippen LogP contribution in [0.15, 0.2) is 0 Å². The molecule has 0 aliphatic carbocycles. The lowest BCUT2D eigenvalue weighted by Crippen LogP contribution is -2.46. The quantitative estimate of drug-likeness (QED) is 0.881. The number of amides is 1. The van der Waals surface area contributed by atoms with Gasteiger partial charge in [0.1, 0.15) is 16.7 Å². The number of carbonyl (C=O) groups excluding carboxylic acids is 1. The highest BCUT2D eigenvalue weighted by atomic mass is 32.1. The molecule has 2 aromatic heterocycles. The van der Waals surface area contributed by atoms with Crippen molar-refractivity contribution >= 4 is 22.4 Å². The summed E-state index contributed by atoms with van der Waals surface area (Å²) in [4.78, 5) is 18.9. The van der Waals surface area contributed by atoms with Crippen molar-refractivity contribution in [2.45, 2.75) is 52.6 Å². The minimum Gasteiger partial charge on any atom is -0.299 e. The van der Waals surface area contributed by atoms with Gasteiger partial charge in [0.2, 0.25) is 11.0 Å². The van der Waals surface area contributed by atoms with E-state index in [2.05, 4.69) is 30.5 Å². The first-order valence-electron chi connectivity index (χ1n) is 8.23. The van der Waals surface area contributed by atoms with Crippen LogP contribution < -0.4 is 5.32 Å². The van der Waals surface area contributed by atoms with Gasteiger partial charge in [0.25, 0.3) is 0 Å². The Kier molecular flexibility index (Phi) is 5.20. The summed E-state index contributed by atoms with van der Waals surface area (Å²) >= 11 is 1.39. The first kappa shape index (κ1) is 17.0. The van der Waals surface area contributed by atoms with Gasteiger partial charge in [-0.3, -0.25) is 15.0 Å². The molecule has 1 aliphatic heterocycles. The molecule has 1 saturated heterocycles. The molecule has 1 atom stereocenters. The van der Waals surface area contributed by atoms with Crippen LogP contribution in [0, 0.1) is 20.8 Å². The van der Waals surface area contributed by atoms with Crippen LogP contribution in [0.5, 0.6) is 0 Å². The number of rotatable bonds is 5. The van der Waals surface area contributed by atoms with Gasteiger partial charge < -0.3 is 0 Å². The van der Waals surface area contributed by atoms with Crippen molar-refractivity contribution in [1.82, 2.24) is 29.9 Å². The minimum atomic E-state index is -0.0375. The molecule has 1 fully saturated rings. The molecule has 0 unspecified atom stereocenters. The van der Waals surface area contributed by atoms with Crippen LogP contribution >= 0.6 is 11.3 Å². The number of carbonyl (C=O) groups is 1. The van der Waals surface area contributed by atoms with E-state index in [-0.39, 0.29) is 5.91 Å². The third-order valence-electron chi connectivity index (χ3n) is 4.21. The summed E-state index contributed by atoms with van der Waals surface area (Å²) in [7, 11) is 0. The maximum absolute atomic E-state index is 12.3. The van der Waals surface area contributed by atoms with Gasteiger partial charge in [0, 0.05) is 6.04 Å². The molecule has 2 aromatic rings. The predicted octanol–water partition coefficient (Wildman–Crippen LogP) is 1.55. The van der Waals surface area contributed by atoms with Crippen LogP contribution in [0.3, 0.4) is 0 Å². The number of aromatic nitrogens is 5. The third kappa shape index (κ3) is 4.15. The SMILES string of the molecule is Cc1nc(C)n(C[C@H]2CCCCN2CC(=O)Nc2nnc(C)s2)n1. The summed E-state index contributed by atoms with van der Waals surface area (Å²) in [5.74, 6) is 1.68. The fourth-order valence-electron chi connectivity index (χ4n) is 3.10. The number of aryl methyl sites for hydroxylation is 3. The highest BCUT2D eigenvalue weighted by Gasteiger charge is 2.25. The van der Waals surface area contributed by atoms with Gasteiger partial charge in [-0.2, -0.15) is 5.10 Å². The average molecular weight is 349 g/mol. The Hall–Kier alpha value is -1.87. The van der Waals surface area contributed by atoms with Crippen LogP contribution in [-0.2, 0) is 11.3 Å². The van der Waals surface area contributed by atoms with E-state index >= 15 is 0 Å². The third-order valence-corrected chi connectivity index (χ3v) is 4.97. The van der Waals surface area contributed by atoms with Crippen LogP contribution in [0.4, 0.5) is 5.13 Å². The van der Waals surface area contributed by atoms with Crippen molar-refractivity contribution in [3.63, 3.8) is 0 Å². The zero-order valence-electron chi connectivity index (χ0n) is 14.3. The summed E-state index contributed by atoms with van der Waals surface area (Å²) in [6, 6.07) is 0.306. The number of piperidine rings is 1. The number of hydrogen-bond donors (Lipinski definition) is 1. The molecule has 3 rings (SSSR count). The molecule has 24 heavy (non-hydrogen) atoms. The van der Waals surface area contributed by atoms with Crippen molar-refractivity contribution in [2.75, 3.05) is 18.4 Å². The molecule has 0 spiro atoms. The summed E-state index contributed by atoms with van der Waals surface area (Å²) in [5, 5.41) is 16.6. The maximum atomic E-state index is 12.3. The normalized spacial score (nSPS) is 18.7. The molecule has 1 amide bonds. The lowest BCUT2D eigenvalue weighted by atomic mass is 10.0. The molecule has 9 heteroatoms. The van der Waals surface area contributed by atoms with Gasteiger partial charge in [-0.1, -0.05) is 17.8 Å². The molecule has 0 radical (unpaired) electrons. The Morgan fingerprint density at radius 2 is 2.12 bits per heavy atom. The maximum Gasteiger partial charge on any atom is 0.240 e. The van der Waals surface area contributed by atoms with Gasteiger partial charge >= 0.3 is 0 Å². The summed E-state index contributed by atoms with van der Waals surface area (Å²) < 4.78 is 1.95. The second-order valence-corrected chi connectivity index (χ2v) is 7.36. The van der Waals surface area contributed by atoms with E-state index in [1.807, 2.05) is 25.5 Å². The van der Waals surface area contributed by atoms with Gasteiger partial charge in [0.15, 0.2) is 0 Å². The predicted molar refractivity (Wildman–Crippen MR) is 92.0 cm³/mol. The Labute approximate surface area is 145 Å². The van der Waals surface area contributed by atoms with Crippen molar-refractivity contribution in [3.8, 4) is 0 Å². The molecular weight excluding hydrogens is 326 g/mol. The van der Waals surface area contributed by atoms with E-state index in [0.29, 0.717) is 17.7 Å². The lowest BCUT2D eigenvalue weighted by Gasteiger charge is -2.35. The topological polar surface area (TPSA) is 88.8 Å². The van der Waals surface area contributed by atoms with Crippen LogP contribution in [0.1, 0.15) is 35.9 Å². The zero-order chi connectivity index (χ0) is 17.1. The van der Waals surface area contributed by atoms with Crippen molar-refractivity contribution in [3.05, 3.63) is 16.7 Å². The Morgan fingerprint density at radius 1 is 1.29 bits per heavy atom. The van der Waals surface area contributed by atoms with Gasteiger partial charge in [-0.15, -0.1) is 10.2 Å². The van der Waals surface area contributed by atoms with Crippen molar-refractivity contribution in [1.29, 1.82) is 0 Å². The number of likely N-dealkylation sites (tertiary alicyclic amines) is 1. The molecule has 1 aliphatic rings. The number of nitrogens with zero attached hydrogens (tertiary/aromatic N) is 6. The van der Waals surface area contributed by atoms with E-state index in [0.717, 1.165) is 42.6 Å². The Morgan fingerprint density at radius 3 is 2.79 bits per heavy atom. The van der Waals surface area contributed by atoms with Crippen molar-refractivity contribution < 1.29 is 4.79 Å². The Bertz CT molecular complexity index is 710. The molecule has 0 aromatic carbocycles. The summed E-state index contributed by atoms with van der Waals surface area (Å²) in [6.45, 7) is 7.82. The van der Waals surface area contributed by atoms with Gasteiger partial charge in [-0.25, -0.2) is 9.67 Å². The van der Waals surface area contributed by atoms with Crippen molar-refractivity contribution in [2.24, 2.45) is 0 Å².